The Balaban J connectivity index is 1.53. The molecule has 1 saturated heterocycles. The summed E-state index contributed by atoms with van der Waals surface area (Å²) in [5, 5.41) is 0. The van der Waals surface area contributed by atoms with E-state index in [1.807, 2.05) is 44.2 Å². The topological polar surface area (TPSA) is 46.6 Å². The molecule has 0 radical (unpaired) electrons. The Bertz CT molecular complexity index is 887. The van der Waals surface area contributed by atoms with Crippen molar-refractivity contribution < 1.29 is 18.7 Å². The van der Waals surface area contributed by atoms with Crippen LogP contribution in [-0.2, 0) is 9.59 Å². The Kier molecular flexibility index (Phi) is 3.88. The number of carbonyl (C=O) groups is 2. The molecule has 5 heteroatoms. The molecule has 1 aliphatic carbocycles. The normalized spacial score (nSPS) is 24.2. The van der Waals surface area contributed by atoms with Crippen molar-refractivity contribution in [3.63, 3.8) is 0 Å². The van der Waals surface area contributed by atoms with Crippen molar-refractivity contribution in [1.82, 2.24) is 0 Å². The highest BCUT2D eigenvalue weighted by molar-refractivity contribution is 6.25. The molecule has 0 aromatic heterocycles. The summed E-state index contributed by atoms with van der Waals surface area (Å²) in [5.41, 5.74) is 3.61. The molecule has 0 bridgehead atoms. The minimum absolute atomic E-state index is 0.0976. The Hall–Kier alpha value is -2.69. The number of benzene rings is 2. The van der Waals surface area contributed by atoms with E-state index in [1.165, 1.54) is 18.7 Å². The maximum atomic E-state index is 13.6. The predicted octanol–water partition coefficient (Wildman–Crippen LogP) is 4.29. The molecule has 4 nitrogen and oxygen atoms in total. The van der Waals surface area contributed by atoms with E-state index in [-0.39, 0.29) is 29.6 Å². The van der Waals surface area contributed by atoms with Crippen molar-refractivity contribution in [1.29, 1.82) is 0 Å². The third-order valence-corrected chi connectivity index (χ3v) is 5.12. The lowest BCUT2D eigenvalue weighted by Gasteiger charge is -2.20. The van der Waals surface area contributed by atoms with Crippen LogP contribution < -0.4 is 9.64 Å². The zero-order valence-corrected chi connectivity index (χ0v) is 15.8. The minimum atomic E-state index is -1.75. The van der Waals surface area contributed by atoms with Crippen molar-refractivity contribution in [2.45, 2.75) is 39.5 Å². The number of amides is 2. The number of aryl methyl sites for hydroxylation is 2. The number of carbonyl (C=O) groups excluding carboxylic acids is 2. The van der Waals surface area contributed by atoms with Crippen molar-refractivity contribution in [2.24, 2.45) is 11.8 Å². The number of fused-ring (bicyclic) bond motifs is 1. The molecule has 2 aromatic rings. The number of anilines is 1. The van der Waals surface area contributed by atoms with E-state index >= 15 is 0 Å². The average molecular weight is 367 g/mol. The summed E-state index contributed by atoms with van der Waals surface area (Å²) in [5.74, 6) is -2.30. The van der Waals surface area contributed by atoms with Gasteiger partial charge >= 0.3 is 0 Å². The highest BCUT2D eigenvalue weighted by atomic mass is 19.2. The van der Waals surface area contributed by atoms with Gasteiger partial charge in [0, 0.05) is 19.8 Å². The maximum Gasteiger partial charge on any atom is 0.242 e. The molecule has 1 saturated carbocycles. The predicted molar refractivity (Wildman–Crippen MR) is 100 cm³/mol. The molecule has 27 heavy (non-hydrogen) atoms. The van der Waals surface area contributed by atoms with Crippen LogP contribution in [0.2, 0.25) is 0 Å². The smallest absolute Gasteiger partial charge is 0.242 e. The molecule has 2 aliphatic rings. The highest BCUT2D eigenvalue weighted by Crippen LogP contribution is 2.60. The number of ether oxygens (including phenoxy) is 1. The Morgan fingerprint density at radius 3 is 1.89 bits per heavy atom. The monoisotopic (exact) mass is 367 g/mol. The summed E-state index contributed by atoms with van der Waals surface area (Å²) in [4.78, 5) is 27.0. The summed E-state index contributed by atoms with van der Waals surface area (Å²) in [6.07, 6.45) is 0. The number of piperidine rings is 1. The molecule has 140 valence electrons. The van der Waals surface area contributed by atoms with E-state index in [9.17, 15) is 14.0 Å². The number of alkyl halides is 1. The van der Waals surface area contributed by atoms with Gasteiger partial charge in [-0.25, -0.2) is 4.90 Å². The summed E-state index contributed by atoms with van der Waals surface area (Å²) in [6, 6.07) is 12.7. The fourth-order valence-corrected chi connectivity index (χ4v) is 4.12. The second-order valence-corrected chi connectivity index (χ2v) is 7.97. The second kappa shape index (κ2) is 5.91. The van der Waals surface area contributed by atoms with E-state index in [4.69, 9.17) is 4.74 Å². The summed E-state index contributed by atoms with van der Waals surface area (Å²) in [7, 11) is 0. The Morgan fingerprint density at radius 1 is 0.889 bits per heavy atom. The first-order valence-corrected chi connectivity index (χ1v) is 9.10. The fraction of sp³-hybridized carbons (Fsp3) is 0.364. The molecule has 4 rings (SSSR count). The van der Waals surface area contributed by atoms with Gasteiger partial charge in [-0.2, -0.15) is 4.39 Å². The van der Waals surface area contributed by atoms with Gasteiger partial charge in [-0.3, -0.25) is 9.59 Å². The van der Waals surface area contributed by atoms with Crippen LogP contribution in [0.15, 0.2) is 42.5 Å². The first-order valence-electron chi connectivity index (χ1n) is 9.10. The quantitative estimate of drug-likeness (QED) is 0.758. The van der Waals surface area contributed by atoms with E-state index < -0.39 is 5.85 Å². The largest absolute Gasteiger partial charge is 0.459 e. The fourth-order valence-electron chi connectivity index (χ4n) is 4.12. The van der Waals surface area contributed by atoms with Crippen molar-refractivity contribution in [3.05, 3.63) is 59.2 Å². The first kappa shape index (κ1) is 17.7. The summed E-state index contributed by atoms with van der Waals surface area (Å²) < 4.78 is 18.8. The van der Waals surface area contributed by atoms with Crippen LogP contribution in [0, 0.1) is 25.7 Å². The van der Waals surface area contributed by atoms with Crippen molar-refractivity contribution in [3.8, 4) is 5.75 Å². The maximum absolute atomic E-state index is 13.6. The minimum Gasteiger partial charge on any atom is -0.459 e. The molecular formula is C22H22FNO3. The summed E-state index contributed by atoms with van der Waals surface area (Å²) >= 11 is 0. The van der Waals surface area contributed by atoms with Gasteiger partial charge in [0.05, 0.1) is 17.5 Å². The van der Waals surface area contributed by atoms with Crippen LogP contribution in [0.4, 0.5) is 10.1 Å². The van der Waals surface area contributed by atoms with Crippen LogP contribution in [0.1, 0.15) is 36.5 Å². The van der Waals surface area contributed by atoms with Crippen LogP contribution in [-0.4, -0.2) is 17.7 Å². The molecule has 0 N–H and O–H groups in total. The van der Waals surface area contributed by atoms with Gasteiger partial charge in [0.2, 0.25) is 17.7 Å². The number of halogens is 1. The average Bonchev–Trinajstić information content (AvgIpc) is 3.22. The van der Waals surface area contributed by atoms with E-state index in [2.05, 4.69) is 0 Å². The zero-order valence-electron chi connectivity index (χ0n) is 15.8. The number of nitrogens with zero attached hydrogens (tertiary/aromatic N) is 1. The number of hydrogen-bond donors (Lipinski definition) is 0. The molecular weight excluding hydrogens is 345 g/mol. The molecule has 2 aromatic carbocycles. The summed E-state index contributed by atoms with van der Waals surface area (Å²) in [6.45, 7) is 6.58. The van der Waals surface area contributed by atoms with Gasteiger partial charge < -0.3 is 4.74 Å². The molecule has 0 spiro atoms. The number of rotatable bonds is 4. The lowest BCUT2D eigenvalue weighted by atomic mass is 10.1. The van der Waals surface area contributed by atoms with Crippen molar-refractivity contribution >= 4 is 17.5 Å². The van der Waals surface area contributed by atoms with Gasteiger partial charge in [-0.05, 0) is 54.8 Å². The van der Waals surface area contributed by atoms with Gasteiger partial charge in [-0.15, -0.1) is 0 Å². The van der Waals surface area contributed by atoms with Gasteiger partial charge in [0.25, 0.3) is 0 Å². The molecule has 2 amide bonds. The van der Waals surface area contributed by atoms with Gasteiger partial charge in [0.15, 0.2) is 0 Å². The first-order chi connectivity index (χ1) is 12.7. The number of hydrogen-bond acceptors (Lipinski definition) is 3. The van der Waals surface area contributed by atoms with E-state index in [0.29, 0.717) is 11.4 Å². The molecule has 1 aliphatic heterocycles. The van der Waals surface area contributed by atoms with E-state index in [0.717, 1.165) is 16.7 Å². The van der Waals surface area contributed by atoms with Crippen LogP contribution >= 0.6 is 0 Å². The third-order valence-electron chi connectivity index (χ3n) is 5.12. The van der Waals surface area contributed by atoms with Gasteiger partial charge in [-0.1, -0.05) is 18.2 Å². The van der Waals surface area contributed by atoms with Crippen LogP contribution in [0.3, 0.4) is 0 Å². The van der Waals surface area contributed by atoms with Crippen LogP contribution in [0.5, 0.6) is 5.75 Å². The Labute approximate surface area is 157 Å². The van der Waals surface area contributed by atoms with Crippen molar-refractivity contribution in [2.75, 3.05) is 4.90 Å². The zero-order chi connectivity index (χ0) is 19.5. The molecule has 2 unspecified atom stereocenters. The molecule has 2 fully saturated rings. The number of imide groups is 1. The second-order valence-electron chi connectivity index (χ2n) is 7.97. The SMILES string of the molecule is Cc1cc(C)cc(N2C(=O)C3C(C2=O)C3c2ccc(OC(C)(C)F)cc2)c1. The lowest BCUT2D eigenvalue weighted by molar-refractivity contribution is -0.123. The van der Waals surface area contributed by atoms with Crippen LogP contribution in [0.25, 0.3) is 0 Å². The molecule has 2 atom stereocenters. The Morgan fingerprint density at radius 2 is 1.41 bits per heavy atom. The highest BCUT2D eigenvalue weighted by Gasteiger charge is 2.67. The molecule has 1 heterocycles. The third kappa shape index (κ3) is 3.11. The lowest BCUT2D eigenvalue weighted by Crippen LogP contribution is -2.34. The standard InChI is InChI=1S/C22H22FNO3/c1-12-9-13(2)11-15(10-12)24-20(25)18-17(19(18)21(24)26)14-5-7-16(8-6-14)27-22(3,4)23/h5-11,17-19H,1-4H3. The van der Waals surface area contributed by atoms with E-state index in [1.54, 1.807) is 12.1 Å². The van der Waals surface area contributed by atoms with Gasteiger partial charge in [0.1, 0.15) is 5.75 Å².